The number of aromatic nitrogens is 2. The number of carbonyl (C=O) groups excluding carboxylic acids is 1. The topological polar surface area (TPSA) is 76.2 Å². The predicted molar refractivity (Wildman–Crippen MR) is 134 cm³/mol. The molecule has 1 aromatic carbocycles. The fraction of sp³-hybridized carbons (Fsp3) is 0.481. The van der Waals surface area contributed by atoms with Gasteiger partial charge in [-0.2, -0.15) is 13.2 Å². The van der Waals surface area contributed by atoms with Gasteiger partial charge < -0.3 is 19.8 Å². The molecular weight excluding hydrogens is 471 g/mol. The number of rotatable bonds is 7. The predicted octanol–water partition coefficient (Wildman–Crippen LogP) is 7.27. The molecule has 0 saturated carbocycles. The maximum absolute atomic E-state index is 14.1. The minimum Gasteiger partial charge on any atom is -0.491 e. The Morgan fingerprint density at radius 1 is 1.11 bits per heavy atom. The SMILES string of the molecule is Cc1cc2c(-c3ccc(OC[C@](C)(CC(C)C)NC(=O)OC(C)(C)C)c(C(F)(F)F)c3)ccnc2[nH]1. The normalized spacial score (nSPS) is 14.1. The molecule has 2 heterocycles. The Morgan fingerprint density at radius 2 is 1.81 bits per heavy atom. The molecule has 0 aliphatic rings. The summed E-state index contributed by atoms with van der Waals surface area (Å²) in [5.41, 5.74) is -0.0338. The van der Waals surface area contributed by atoms with Crippen molar-refractivity contribution in [3.8, 4) is 16.9 Å². The number of fused-ring (bicyclic) bond motifs is 1. The fourth-order valence-corrected chi connectivity index (χ4v) is 4.29. The number of nitrogens with zero attached hydrogens (tertiary/aromatic N) is 1. The van der Waals surface area contributed by atoms with Crippen molar-refractivity contribution in [1.82, 2.24) is 15.3 Å². The Labute approximate surface area is 209 Å². The third-order valence-electron chi connectivity index (χ3n) is 5.47. The van der Waals surface area contributed by atoms with Gasteiger partial charge in [0.25, 0.3) is 0 Å². The van der Waals surface area contributed by atoms with Crippen molar-refractivity contribution >= 4 is 17.1 Å². The van der Waals surface area contributed by atoms with Crippen LogP contribution in [0.4, 0.5) is 18.0 Å². The second-order valence-corrected chi connectivity index (χ2v) is 10.9. The zero-order valence-electron chi connectivity index (χ0n) is 21.8. The number of halogens is 3. The van der Waals surface area contributed by atoms with Gasteiger partial charge in [-0.3, -0.25) is 0 Å². The summed E-state index contributed by atoms with van der Waals surface area (Å²) in [7, 11) is 0. The number of pyridine rings is 1. The highest BCUT2D eigenvalue weighted by molar-refractivity contribution is 5.93. The maximum Gasteiger partial charge on any atom is 0.419 e. The Hall–Kier alpha value is -3.23. The van der Waals surface area contributed by atoms with Crippen molar-refractivity contribution < 1.29 is 27.4 Å². The number of hydrogen-bond acceptors (Lipinski definition) is 4. The lowest BCUT2D eigenvalue weighted by molar-refractivity contribution is -0.139. The van der Waals surface area contributed by atoms with Crippen molar-refractivity contribution in [1.29, 1.82) is 0 Å². The lowest BCUT2D eigenvalue weighted by Crippen LogP contribution is -2.52. The van der Waals surface area contributed by atoms with Crippen molar-refractivity contribution in [3.63, 3.8) is 0 Å². The molecule has 0 fully saturated rings. The monoisotopic (exact) mass is 505 g/mol. The van der Waals surface area contributed by atoms with Crippen LogP contribution in [0, 0.1) is 12.8 Å². The van der Waals surface area contributed by atoms with Gasteiger partial charge in [-0.25, -0.2) is 9.78 Å². The number of alkyl carbamates (subject to hydrolysis) is 1. The Kier molecular flexibility index (Phi) is 7.62. The third-order valence-corrected chi connectivity index (χ3v) is 5.47. The van der Waals surface area contributed by atoms with Gasteiger partial charge in [0.15, 0.2) is 0 Å². The molecule has 2 N–H and O–H groups in total. The van der Waals surface area contributed by atoms with E-state index in [9.17, 15) is 18.0 Å². The van der Waals surface area contributed by atoms with Gasteiger partial charge in [-0.15, -0.1) is 0 Å². The van der Waals surface area contributed by atoms with Crippen molar-refractivity contribution in [2.24, 2.45) is 5.92 Å². The van der Waals surface area contributed by atoms with Crippen LogP contribution in [-0.4, -0.2) is 33.8 Å². The van der Waals surface area contributed by atoms with E-state index in [4.69, 9.17) is 9.47 Å². The first kappa shape index (κ1) is 27.4. The molecule has 0 aliphatic carbocycles. The van der Waals surface area contributed by atoms with Crippen LogP contribution in [0.5, 0.6) is 5.75 Å². The molecule has 0 radical (unpaired) electrons. The largest absolute Gasteiger partial charge is 0.491 e. The molecule has 1 amide bonds. The maximum atomic E-state index is 14.1. The summed E-state index contributed by atoms with van der Waals surface area (Å²) in [5.74, 6) is -0.153. The van der Waals surface area contributed by atoms with Gasteiger partial charge in [0.1, 0.15) is 23.6 Å². The van der Waals surface area contributed by atoms with Gasteiger partial charge in [0, 0.05) is 17.3 Å². The Balaban J connectivity index is 1.92. The molecule has 3 rings (SSSR count). The minimum absolute atomic E-state index is 0.150. The number of aromatic amines is 1. The Morgan fingerprint density at radius 3 is 2.42 bits per heavy atom. The van der Waals surface area contributed by atoms with Gasteiger partial charge in [0.05, 0.1) is 11.1 Å². The molecule has 36 heavy (non-hydrogen) atoms. The molecule has 9 heteroatoms. The van der Waals surface area contributed by atoms with Gasteiger partial charge in [-0.1, -0.05) is 19.9 Å². The van der Waals surface area contributed by atoms with Crippen LogP contribution in [0.25, 0.3) is 22.2 Å². The zero-order valence-corrected chi connectivity index (χ0v) is 21.8. The quantitative estimate of drug-likeness (QED) is 0.354. The van der Waals surface area contributed by atoms with Crippen LogP contribution in [0.1, 0.15) is 59.2 Å². The second-order valence-electron chi connectivity index (χ2n) is 10.9. The fourth-order valence-electron chi connectivity index (χ4n) is 4.29. The number of carbonyl (C=O) groups is 1. The van der Waals surface area contributed by atoms with Crippen LogP contribution in [0.3, 0.4) is 0 Å². The van der Waals surface area contributed by atoms with Crippen LogP contribution < -0.4 is 10.1 Å². The lowest BCUT2D eigenvalue weighted by atomic mass is 9.91. The second kappa shape index (κ2) is 10.0. The highest BCUT2D eigenvalue weighted by atomic mass is 19.4. The number of benzene rings is 1. The molecule has 0 spiro atoms. The van der Waals surface area contributed by atoms with Gasteiger partial charge >= 0.3 is 12.3 Å². The summed E-state index contributed by atoms with van der Waals surface area (Å²) in [6.07, 6.45) is -3.25. The third kappa shape index (κ3) is 6.92. The summed E-state index contributed by atoms with van der Waals surface area (Å²) in [4.78, 5) is 19.8. The summed E-state index contributed by atoms with van der Waals surface area (Å²) in [5, 5.41) is 3.53. The molecule has 1 atom stereocenters. The number of aryl methyl sites for hydroxylation is 1. The highest BCUT2D eigenvalue weighted by Crippen LogP contribution is 2.40. The van der Waals surface area contributed by atoms with E-state index in [0.29, 0.717) is 23.2 Å². The summed E-state index contributed by atoms with van der Waals surface area (Å²) in [6.45, 7) is 12.6. The highest BCUT2D eigenvalue weighted by Gasteiger charge is 2.37. The van der Waals surface area contributed by atoms with Crippen LogP contribution in [0.15, 0.2) is 36.5 Å². The number of hydrogen-bond donors (Lipinski definition) is 2. The molecule has 0 saturated heterocycles. The number of ether oxygens (including phenoxy) is 2. The molecule has 2 aromatic heterocycles. The van der Waals surface area contributed by atoms with Crippen LogP contribution in [-0.2, 0) is 10.9 Å². The first-order valence-electron chi connectivity index (χ1n) is 11.9. The first-order valence-corrected chi connectivity index (χ1v) is 11.9. The summed E-state index contributed by atoms with van der Waals surface area (Å²) in [6, 6.07) is 7.56. The molecular formula is C27H34F3N3O3. The molecule has 3 aromatic rings. The van der Waals surface area contributed by atoms with E-state index in [1.165, 1.54) is 6.07 Å². The van der Waals surface area contributed by atoms with Crippen molar-refractivity contribution in [2.75, 3.05) is 6.61 Å². The average Bonchev–Trinajstić information content (AvgIpc) is 3.09. The zero-order chi connectivity index (χ0) is 26.9. The van der Waals surface area contributed by atoms with Crippen LogP contribution >= 0.6 is 0 Å². The summed E-state index contributed by atoms with van der Waals surface area (Å²) >= 11 is 0. The number of amides is 1. The van der Waals surface area contributed by atoms with Crippen molar-refractivity contribution in [2.45, 2.75) is 72.2 Å². The van der Waals surface area contributed by atoms with Crippen LogP contribution in [0.2, 0.25) is 0 Å². The number of nitrogens with one attached hydrogen (secondary N) is 2. The van der Waals surface area contributed by atoms with E-state index in [2.05, 4.69) is 15.3 Å². The molecule has 0 bridgehead atoms. The first-order chi connectivity index (χ1) is 16.6. The van der Waals surface area contributed by atoms with E-state index in [1.54, 1.807) is 46.0 Å². The van der Waals surface area contributed by atoms with Gasteiger partial charge in [-0.05, 0) is 82.3 Å². The van der Waals surface area contributed by atoms with E-state index >= 15 is 0 Å². The molecule has 196 valence electrons. The average molecular weight is 506 g/mol. The standard InChI is InChI=1S/C27H34F3N3O3/c1-16(2)14-26(7,33-24(34)36-25(4,5)6)15-35-22-9-8-18(13-21(22)27(28,29)30)19-10-11-31-23-20(19)12-17(3)32-23/h8-13,16H,14-15H2,1-7H3,(H,31,32)(H,33,34)/t26-/m0/s1. The molecule has 6 nitrogen and oxygen atoms in total. The van der Waals surface area contributed by atoms with E-state index < -0.39 is 29.0 Å². The smallest absolute Gasteiger partial charge is 0.419 e. The number of alkyl halides is 3. The Bertz CT molecular complexity index is 1230. The summed E-state index contributed by atoms with van der Waals surface area (Å²) < 4.78 is 53.4. The van der Waals surface area contributed by atoms with E-state index in [0.717, 1.165) is 17.1 Å². The van der Waals surface area contributed by atoms with Gasteiger partial charge in [0.2, 0.25) is 0 Å². The minimum atomic E-state index is -4.64. The van der Waals surface area contributed by atoms with E-state index in [-0.39, 0.29) is 18.3 Å². The number of H-pyrrole nitrogens is 1. The molecule has 0 unspecified atom stereocenters. The van der Waals surface area contributed by atoms with Crippen molar-refractivity contribution in [3.05, 3.63) is 47.8 Å². The lowest BCUT2D eigenvalue weighted by Gasteiger charge is -2.33. The van der Waals surface area contributed by atoms with E-state index in [1.807, 2.05) is 26.8 Å². The molecule has 0 aliphatic heterocycles.